The second kappa shape index (κ2) is 5.20. The number of halogens is 1. The van der Waals surface area contributed by atoms with Gasteiger partial charge in [0.15, 0.2) is 0 Å². The molecule has 0 saturated carbocycles. The zero-order chi connectivity index (χ0) is 12.2. The van der Waals surface area contributed by atoms with Crippen LogP contribution in [0.25, 0.3) is 0 Å². The third kappa shape index (κ3) is 4.09. The molecule has 1 rings (SSSR count). The van der Waals surface area contributed by atoms with Crippen molar-refractivity contribution in [1.82, 2.24) is 0 Å². The third-order valence-electron chi connectivity index (χ3n) is 2.04. The van der Waals surface area contributed by atoms with Crippen LogP contribution in [0, 0.1) is 11.3 Å². The Morgan fingerprint density at radius 1 is 1.50 bits per heavy atom. The highest BCUT2D eigenvalue weighted by molar-refractivity contribution is 6.31. The lowest BCUT2D eigenvalue weighted by Crippen LogP contribution is -2.21. The first kappa shape index (κ1) is 12.8. The van der Waals surface area contributed by atoms with Gasteiger partial charge in [0.1, 0.15) is 11.8 Å². The van der Waals surface area contributed by atoms with Crippen molar-refractivity contribution in [2.75, 3.05) is 6.61 Å². The molecule has 4 heteroatoms. The van der Waals surface area contributed by atoms with Gasteiger partial charge in [-0.25, -0.2) is 0 Å². The van der Waals surface area contributed by atoms with Crippen LogP contribution >= 0.6 is 11.6 Å². The maximum absolute atomic E-state index is 9.48. The average Bonchev–Trinajstić information content (AvgIpc) is 2.16. The summed E-state index contributed by atoms with van der Waals surface area (Å²) in [5, 5.41) is 18.5. The molecule has 86 valence electrons. The fraction of sp³-hybridized carbons (Fsp3) is 0.417. The Kier molecular flexibility index (Phi) is 4.17. The van der Waals surface area contributed by atoms with E-state index in [0.29, 0.717) is 29.4 Å². The monoisotopic (exact) mass is 239 g/mol. The molecule has 0 radical (unpaired) electrons. The SMILES string of the molecule is CC(C)(O)CCOc1ccc(C#N)c(Cl)c1. The lowest BCUT2D eigenvalue weighted by molar-refractivity contribution is 0.0553. The fourth-order valence-corrected chi connectivity index (χ4v) is 1.31. The summed E-state index contributed by atoms with van der Waals surface area (Å²) in [5.74, 6) is 0.605. The molecule has 0 heterocycles. The number of hydrogen-bond acceptors (Lipinski definition) is 3. The smallest absolute Gasteiger partial charge is 0.120 e. The molecule has 0 unspecified atom stereocenters. The van der Waals surface area contributed by atoms with Gasteiger partial charge in [-0.15, -0.1) is 0 Å². The Morgan fingerprint density at radius 3 is 2.69 bits per heavy atom. The first-order valence-electron chi connectivity index (χ1n) is 4.97. The minimum absolute atomic E-state index is 0.378. The molecule has 0 fully saturated rings. The molecular formula is C12H14ClNO2. The number of hydrogen-bond donors (Lipinski definition) is 1. The van der Waals surface area contributed by atoms with Crippen molar-refractivity contribution in [3.8, 4) is 11.8 Å². The van der Waals surface area contributed by atoms with Gasteiger partial charge in [0, 0.05) is 12.5 Å². The number of benzene rings is 1. The maximum Gasteiger partial charge on any atom is 0.120 e. The Hall–Kier alpha value is -1.24. The van der Waals surface area contributed by atoms with Gasteiger partial charge in [-0.3, -0.25) is 0 Å². The molecule has 1 N–H and O–H groups in total. The molecule has 0 aromatic heterocycles. The summed E-state index contributed by atoms with van der Waals surface area (Å²) >= 11 is 5.85. The molecular weight excluding hydrogens is 226 g/mol. The Labute approximate surface area is 100 Å². The molecule has 0 amide bonds. The van der Waals surface area contributed by atoms with Crippen molar-refractivity contribution in [2.24, 2.45) is 0 Å². The highest BCUT2D eigenvalue weighted by Gasteiger charge is 2.12. The Balaban J connectivity index is 2.57. The minimum Gasteiger partial charge on any atom is -0.493 e. The third-order valence-corrected chi connectivity index (χ3v) is 2.36. The highest BCUT2D eigenvalue weighted by Crippen LogP contribution is 2.22. The molecule has 0 aliphatic rings. The van der Waals surface area contributed by atoms with Gasteiger partial charge in [-0.2, -0.15) is 5.26 Å². The van der Waals surface area contributed by atoms with Crippen LogP contribution in [-0.2, 0) is 0 Å². The largest absolute Gasteiger partial charge is 0.493 e. The summed E-state index contributed by atoms with van der Waals surface area (Å²) in [5.41, 5.74) is -0.312. The summed E-state index contributed by atoms with van der Waals surface area (Å²) in [4.78, 5) is 0. The molecule has 0 aliphatic heterocycles. The van der Waals surface area contributed by atoms with Crippen LogP contribution in [0.2, 0.25) is 5.02 Å². The summed E-state index contributed by atoms with van der Waals surface area (Å²) < 4.78 is 5.41. The summed E-state index contributed by atoms with van der Waals surface area (Å²) in [6.45, 7) is 3.86. The first-order valence-corrected chi connectivity index (χ1v) is 5.35. The van der Waals surface area contributed by atoms with Gasteiger partial charge < -0.3 is 9.84 Å². The predicted octanol–water partition coefficient (Wildman–Crippen LogP) is 2.75. The average molecular weight is 240 g/mol. The number of aliphatic hydroxyl groups is 1. The van der Waals surface area contributed by atoms with E-state index in [1.807, 2.05) is 6.07 Å². The normalized spacial score (nSPS) is 10.9. The Bertz CT molecular complexity index is 404. The van der Waals surface area contributed by atoms with Crippen LogP contribution in [0.3, 0.4) is 0 Å². The molecule has 0 atom stereocenters. The van der Waals surface area contributed by atoms with Gasteiger partial charge in [0.2, 0.25) is 0 Å². The quantitative estimate of drug-likeness (QED) is 0.879. The first-order chi connectivity index (χ1) is 7.42. The number of ether oxygens (including phenoxy) is 1. The number of rotatable bonds is 4. The van der Waals surface area contributed by atoms with E-state index in [1.54, 1.807) is 32.0 Å². The van der Waals surface area contributed by atoms with Gasteiger partial charge in [-0.1, -0.05) is 11.6 Å². The standard InChI is InChI=1S/C12H14ClNO2/c1-12(2,15)5-6-16-10-4-3-9(8-14)11(13)7-10/h3-4,7,15H,5-6H2,1-2H3. The van der Waals surface area contributed by atoms with Crippen LogP contribution in [-0.4, -0.2) is 17.3 Å². The fourth-order valence-electron chi connectivity index (χ4n) is 1.09. The van der Waals surface area contributed by atoms with Crippen molar-refractivity contribution in [1.29, 1.82) is 5.26 Å². The summed E-state index contributed by atoms with van der Waals surface area (Å²) in [7, 11) is 0. The molecule has 16 heavy (non-hydrogen) atoms. The van der Waals surface area contributed by atoms with Crippen molar-refractivity contribution in [2.45, 2.75) is 25.9 Å². The maximum atomic E-state index is 9.48. The molecule has 1 aromatic rings. The van der Waals surface area contributed by atoms with Crippen molar-refractivity contribution < 1.29 is 9.84 Å². The van der Waals surface area contributed by atoms with Gasteiger partial charge >= 0.3 is 0 Å². The molecule has 1 aromatic carbocycles. The van der Waals surface area contributed by atoms with Crippen molar-refractivity contribution in [3.05, 3.63) is 28.8 Å². The molecule has 0 spiro atoms. The van der Waals surface area contributed by atoms with E-state index in [0.717, 1.165) is 0 Å². The summed E-state index contributed by atoms with van der Waals surface area (Å²) in [6.07, 6.45) is 0.532. The second-order valence-electron chi connectivity index (χ2n) is 4.16. The Morgan fingerprint density at radius 2 is 2.19 bits per heavy atom. The van der Waals surface area contributed by atoms with E-state index < -0.39 is 5.60 Å². The number of nitrogens with zero attached hydrogens (tertiary/aromatic N) is 1. The van der Waals surface area contributed by atoms with Crippen LogP contribution in [0.5, 0.6) is 5.75 Å². The van der Waals surface area contributed by atoms with Gasteiger partial charge in [0.05, 0.1) is 22.8 Å². The van der Waals surface area contributed by atoms with E-state index in [1.165, 1.54) is 0 Å². The topological polar surface area (TPSA) is 53.2 Å². The lowest BCUT2D eigenvalue weighted by Gasteiger charge is -2.17. The van der Waals surface area contributed by atoms with Crippen LogP contribution < -0.4 is 4.74 Å². The summed E-state index contributed by atoms with van der Waals surface area (Å²) in [6, 6.07) is 6.88. The van der Waals surface area contributed by atoms with E-state index >= 15 is 0 Å². The van der Waals surface area contributed by atoms with Crippen molar-refractivity contribution in [3.63, 3.8) is 0 Å². The van der Waals surface area contributed by atoms with Gasteiger partial charge in [-0.05, 0) is 26.0 Å². The van der Waals surface area contributed by atoms with E-state index in [-0.39, 0.29) is 0 Å². The number of nitriles is 1. The highest BCUT2D eigenvalue weighted by atomic mass is 35.5. The van der Waals surface area contributed by atoms with E-state index in [9.17, 15) is 5.11 Å². The van der Waals surface area contributed by atoms with Crippen molar-refractivity contribution >= 4 is 11.6 Å². The van der Waals surface area contributed by atoms with E-state index in [2.05, 4.69) is 0 Å². The second-order valence-corrected chi connectivity index (χ2v) is 4.57. The van der Waals surface area contributed by atoms with Crippen LogP contribution in [0.1, 0.15) is 25.8 Å². The van der Waals surface area contributed by atoms with Crippen LogP contribution in [0.15, 0.2) is 18.2 Å². The van der Waals surface area contributed by atoms with Crippen LogP contribution in [0.4, 0.5) is 0 Å². The van der Waals surface area contributed by atoms with E-state index in [4.69, 9.17) is 21.6 Å². The lowest BCUT2D eigenvalue weighted by atomic mass is 10.1. The minimum atomic E-state index is -0.740. The molecule has 3 nitrogen and oxygen atoms in total. The molecule has 0 bridgehead atoms. The molecule has 0 saturated heterocycles. The predicted molar refractivity (Wildman–Crippen MR) is 62.6 cm³/mol. The zero-order valence-electron chi connectivity index (χ0n) is 9.33. The molecule has 0 aliphatic carbocycles. The zero-order valence-corrected chi connectivity index (χ0v) is 10.1. The van der Waals surface area contributed by atoms with Gasteiger partial charge in [0.25, 0.3) is 0 Å².